The van der Waals surface area contributed by atoms with Crippen molar-refractivity contribution in [2.24, 2.45) is 5.73 Å². The van der Waals surface area contributed by atoms with E-state index in [1.54, 1.807) is 12.1 Å². The van der Waals surface area contributed by atoms with Crippen LogP contribution in [-0.2, 0) is 4.79 Å². The van der Waals surface area contributed by atoms with Gasteiger partial charge in [0.2, 0.25) is 5.91 Å². The van der Waals surface area contributed by atoms with Crippen molar-refractivity contribution in [1.29, 1.82) is 0 Å². The molecule has 1 amide bonds. The molecule has 0 fully saturated rings. The molecular weight excluding hydrogens is 339 g/mol. The molecule has 3 N–H and O–H groups in total. The second kappa shape index (κ2) is 7.34. The topological polar surface area (TPSA) is 55.1 Å². The molecule has 1 aromatic rings. The molecule has 1 rings (SSSR count). The summed E-state index contributed by atoms with van der Waals surface area (Å²) >= 11 is 15.3. The summed E-state index contributed by atoms with van der Waals surface area (Å²) < 4.78 is 0.683. The number of anilines is 1. The van der Waals surface area contributed by atoms with Crippen LogP contribution in [0.15, 0.2) is 16.6 Å². The van der Waals surface area contributed by atoms with E-state index < -0.39 is 6.04 Å². The van der Waals surface area contributed by atoms with E-state index in [1.807, 2.05) is 0 Å². The Morgan fingerprint density at radius 3 is 2.72 bits per heavy atom. The maximum Gasteiger partial charge on any atom is 0.241 e. The number of nitrogens with one attached hydrogen (secondary N) is 1. The van der Waals surface area contributed by atoms with Crippen LogP contribution in [0.1, 0.15) is 26.2 Å². The first-order valence-corrected chi connectivity index (χ1v) is 7.22. The quantitative estimate of drug-likeness (QED) is 0.779. The Balaban J connectivity index is 2.73. The number of halogens is 3. The molecule has 0 heterocycles. The van der Waals surface area contributed by atoms with Gasteiger partial charge in [0.15, 0.2) is 0 Å². The lowest BCUT2D eigenvalue weighted by atomic mass is 10.1. The Labute approximate surface area is 125 Å². The molecule has 18 heavy (non-hydrogen) atoms. The van der Waals surface area contributed by atoms with Crippen LogP contribution in [0.2, 0.25) is 10.0 Å². The van der Waals surface area contributed by atoms with Crippen LogP contribution < -0.4 is 11.1 Å². The summed E-state index contributed by atoms with van der Waals surface area (Å²) in [5.74, 6) is -0.247. The normalized spacial score (nSPS) is 12.3. The van der Waals surface area contributed by atoms with E-state index in [9.17, 15) is 4.79 Å². The van der Waals surface area contributed by atoms with E-state index >= 15 is 0 Å². The minimum Gasteiger partial charge on any atom is -0.323 e. The number of hydrogen-bond donors (Lipinski definition) is 2. The van der Waals surface area contributed by atoms with Gasteiger partial charge in [0, 0.05) is 4.47 Å². The van der Waals surface area contributed by atoms with Crippen LogP contribution in [0.4, 0.5) is 5.69 Å². The first-order chi connectivity index (χ1) is 8.47. The highest BCUT2D eigenvalue weighted by Gasteiger charge is 2.16. The zero-order chi connectivity index (χ0) is 13.7. The van der Waals surface area contributed by atoms with Gasteiger partial charge in [-0.2, -0.15) is 0 Å². The van der Waals surface area contributed by atoms with E-state index in [0.717, 1.165) is 12.8 Å². The molecular formula is C12H15BrCl2N2O. The monoisotopic (exact) mass is 352 g/mol. The summed E-state index contributed by atoms with van der Waals surface area (Å²) in [6.45, 7) is 2.05. The molecule has 1 atom stereocenters. The van der Waals surface area contributed by atoms with Crippen LogP contribution in [0, 0.1) is 0 Å². The van der Waals surface area contributed by atoms with Gasteiger partial charge in [-0.05, 0) is 34.5 Å². The second-order valence-corrected chi connectivity index (χ2v) is 5.57. The largest absolute Gasteiger partial charge is 0.323 e. The van der Waals surface area contributed by atoms with Crippen molar-refractivity contribution in [3.05, 3.63) is 26.7 Å². The van der Waals surface area contributed by atoms with Crippen molar-refractivity contribution in [2.45, 2.75) is 32.2 Å². The first-order valence-electron chi connectivity index (χ1n) is 5.67. The predicted molar refractivity (Wildman–Crippen MR) is 80.3 cm³/mol. The number of nitrogens with two attached hydrogens (primary N) is 1. The van der Waals surface area contributed by atoms with Gasteiger partial charge in [-0.1, -0.05) is 43.0 Å². The number of carbonyl (C=O) groups is 1. The van der Waals surface area contributed by atoms with Gasteiger partial charge < -0.3 is 11.1 Å². The minimum absolute atomic E-state index is 0.247. The summed E-state index contributed by atoms with van der Waals surface area (Å²) in [6.07, 6.45) is 2.58. The molecule has 1 unspecified atom stereocenters. The van der Waals surface area contributed by atoms with Crippen LogP contribution in [0.25, 0.3) is 0 Å². The number of benzene rings is 1. The zero-order valence-electron chi connectivity index (χ0n) is 9.97. The van der Waals surface area contributed by atoms with Crippen molar-refractivity contribution in [2.75, 3.05) is 5.32 Å². The Hall–Kier alpha value is -0.290. The Kier molecular flexibility index (Phi) is 6.43. The molecule has 0 radical (unpaired) electrons. The lowest BCUT2D eigenvalue weighted by Gasteiger charge is -2.13. The summed E-state index contributed by atoms with van der Waals surface area (Å²) in [5.41, 5.74) is 6.25. The van der Waals surface area contributed by atoms with E-state index in [2.05, 4.69) is 28.2 Å². The summed E-state index contributed by atoms with van der Waals surface area (Å²) in [4.78, 5) is 11.8. The van der Waals surface area contributed by atoms with Gasteiger partial charge in [0.1, 0.15) is 0 Å². The molecule has 0 bridgehead atoms. The van der Waals surface area contributed by atoms with E-state index in [-0.39, 0.29) is 5.91 Å². The molecule has 0 saturated carbocycles. The molecule has 0 aromatic heterocycles. The number of hydrogen-bond acceptors (Lipinski definition) is 2. The molecule has 3 nitrogen and oxygen atoms in total. The summed E-state index contributed by atoms with van der Waals surface area (Å²) in [7, 11) is 0. The van der Waals surface area contributed by atoms with Gasteiger partial charge in [-0.3, -0.25) is 4.79 Å². The van der Waals surface area contributed by atoms with Crippen molar-refractivity contribution in [3.8, 4) is 0 Å². The SMILES string of the molecule is CCCCC(N)C(=O)Nc1ccc(Br)c(Cl)c1Cl. The minimum atomic E-state index is -0.525. The van der Waals surface area contributed by atoms with E-state index in [1.165, 1.54) is 0 Å². The number of amides is 1. The highest BCUT2D eigenvalue weighted by Crippen LogP contribution is 2.35. The average Bonchev–Trinajstić information content (AvgIpc) is 2.36. The third-order valence-electron chi connectivity index (χ3n) is 2.50. The lowest BCUT2D eigenvalue weighted by molar-refractivity contribution is -0.117. The van der Waals surface area contributed by atoms with Crippen LogP contribution in [0.5, 0.6) is 0 Å². The van der Waals surface area contributed by atoms with Gasteiger partial charge in [0.05, 0.1) is 21.8 Å². The van der Waals surface area contributed by atoms with Gasteiger partial charge in [-0.25, -0.2) is 0 Å². The zero-order valence-corrected chi connectivity index (χ0v) is 13.1. The van der Waals surface area contributed by atoms with Crippen molar-refractivity contribution in [1.82, 2.24) is 0 Å². The Morgan fingerprint density at radius 1 is 1.44 bits per heavy atom. The van der Waals surface area contributed by atoms with E-state index in [0.29, 0.717) is 26.6 Å². The fraction of sp³-hybridized carbons (Fsp3) is 0.417. The fourth-order valence-electron chi connectivity index (χ4n) is 1.40. The summed E-state index contributed by atoms with van der Waals surface area (Å²) in [6, 6.07) is 2.88. The maximum atomic E-state index is 11.8. The Morgan fingerprint density at radius 2 is 2.11 bits per heavy atom. The third-order valence-corrected chi connectivity index (χ3v) is 4.27. The van der Waals surface area contributed by atoms with E-state index in [4.69, 9.17) is 28.9 Å². The highest BCUT2D eigenvalue weighted by molar-refractivity contribution is 9.10. The highest BCUT2D eigenvalue weighted by atomic mass is 79.9. The number of rotatable bonds is 5. The third kappa shape index (κ3) is 4.12. The molecule has 0 aliphatic rings. The Bertz CT molecular complexity index is 440. The first kappa shape index (κ1) is 15.8. The molecule has 0 spiro atoms. The molecule has 0 aliphatic heterocycles. The predicted octanol–water partition coefficient (Wildman–Crippen LogP) is 4.21. The average molecular weight is 354 g/mol. The van der Waals surface area contributed by atoms with Crippen LogP contribution in [0.3, 0.4) is 0 Å². The second-order valence-electron chi connectivity index (χ2n) is 3.96. The maximum absolute atomic E-state index is 11.8. The molecule has 6 heteroatoms. The van der Waals surface area contributed by atoms with Crippen molar-refractivity contribution >= 4 is 50.7 Å². The number of unbranched alkanes of at least 4 members (excludes halogenated alkanes) is 1. The summed E-state index contributed by atoms with van der Waals surface area (Å²) in [5, 5.41) is 3.37. The standard InChI is InChI=1S/C12H15BrCl2N2O/c1-2-3-4-8(16)12(18)17-9-6-5-7(13)10(14)11(9)15/h5-6,8H,2-4,16H2,1H3,(H,17,18). The van der Waals surface area contributed by atoms with Gasteiger partial charge in [-0.15, -0.1) is 0 Å². The van der Waals surface area contributed by atoms with Crippen LogP contribution in [-0.4, -0.2) is 11.9 Å². The van der Waals surface area contributed by atoms with Gasteiger partial charge >= 0.3 is 0 Å². The number of carbonyl (C=O) groups excluding carboxylic acids is 1. The molecule has 0 aliphatic carbocycles. The van der Waals surface area contributed by atoms with Crippen molar-refractivity contribution in [3.63, 3.8) is 0 Å². The molecule has 100 valence electrons. The lowest BCUT2D eigenvalue weighted by Crippen LogP contribution is -2.35. The molecule has 0 saturated heterocycles. The van der Waals surface area contributed by atoms with Crippen LogP contribution >= 0.6 is 39.1 Å². The smallest absolute Gasteiger partial charge is 0.241 e. The molecule has 1 aromatic carbocycles. The van der Waals surface area contributed by atoms with Crippen molar-refractivity contribution < 1.29 is 4.79 Å². The fourth-order valence-corrected chi connectivity index (χ4v) is 2.22. The van der Waals surface area contributed by atoms with Gasteiger partial charge in [0.25, 0.3) is 0 Å².